The maximum atomic E-state index is 14.0. The Morgan fingerprint density at radius 1 is 1.46 bits per heavy atom. The van der Waals surface area contributed by atoms with Gasteiger partial charge in [0.25, 0.3) is 5.91 Å². The summed E-state index contributed by atoms with van der Waals surface area (Å²) in [5.74, 6) is 0.505. The van der Waals surface area contributed by atoms with Gasteiger partial charge in [0.2, 0.25) is 0 Å². The maximum Gasteiger partial charge on any atom is 0.273 e. The average molecular weight is 364 g/mol. The van der Waals surface area contributed by atoms with Crippen LogP contribution in [0, 0.1) is 13.8 Å². The molecule has 0 radical (unpaired) electrons. The first-order valence-electron chi connectivity index (χ1n) is 8.84. The molecule has 0 spiro atoms. The van der Waals surface area contributed by atoms with Gasteiger partial charge in [0.1, 0.15) is 11.9 Å². The first kappa shape index (κ1) is 18.5. The fourth-order valence-corrected chi connectivity index (χ4v) is 3.28. The van der Waals surface area contributed by atoms with Crippen molar-refractivity contribution in [3.05, 3.63) is 28.9 Å². The van der Waals surface area contributed by atoms with Gasteiger partial charge in [0.05, 0.1) is 18.4 Å². The fraction of sp³-hybridized carbons (Fsp3) is 0.647. The molecule has 2 atom stereocenters. The first-order chi connectivity index (χ1) is 12.3. The molecule has 2 aromatic heterocycles. The lowest BCUT2D eigenvalue weighted by Crippen LogP contribution is -2.33. The van der Waals surface area contributed by atoms with Gasteiger partial charge in [0.15, 0.2) is 5.69 Å². The Labute approximate surface area is 151 Å². The van der Waals surface area contributed by atoms with Gasteiger partial charge in [-0.1, -0.05) is 10.4 Å². The molecular weight excluding hydrogens is 339 g/mol. The van der Waals surface area contributed by atoms with Crippen LogP contribution in [0.1, 0.15) is 47.8 Å². The van der Waals surface area contributed by atoms with Gasteiger partial charge in [-0.15, -0.1) is 5.10 Å². The molecule has 142 valence electrons. The van der Waals surface area contributed by atoms with Crippen LogP contribution in [0.25, 0.3) is 0 Å². The highest BCUT2D eigenvalue weighted by molar-refractivity contribution is 5.91. The number of halogens is 1. The number of aryl methyl sites for hydroxylation is 2. The number of alkyl halides is 1. The van der Waals surface area contributed by atoms with Crippen LogP contribution in [0.3, 0.4) is 0 Å². The van der Waals surface area contributed by atoms with Gasteiger partial charge in [0, 0.05) is 30.7 Å². The van der Waals surface area contributed by atoms with Crippen molar-refractivity contribution < 1.29 is 13.7 Å². The molecule has 1 fully saturated rings. The van der Waals surface area contributed by atoms with Crippen molar-refractivity contribution in [3.8, 4) is 0 Å². The molecular formula is C17H25FN6O2. The van der Waals surface area contributed by atoms with Gasteiger partial charge in [-0.2, -0.15) is 0 Å². The van der Waals surface area contributed by atoms with Crippen molar-refractivity contribution in [1.82, 2.24) is 30.4 Å². The summed E-state index contributed by atoms with van der Waals surface area (Å²) in [5.41, 5.74) is 2.10. The van der Waals surface area contributed by atoms with E-state index in [9.17, 15) is 9.18 Å². The Hall–Kier alpha value is -2.29. The number of rotatable bonds is 6. The van der Waals surface area contributed by atoms with Crippen LogP contribution < -0.4 is 5.32 Å². The summed E-state index contributed by atoms with van der Waals surface area (Å²) in [6.45, 7) is 8.95. The molecule has 1 aliphatic heterocycles. The second-order valence-electron chi connectivity index (χ2n) is 7.17. The lowest BCUT2D eigenvalue weighted by atomic mass is 10.1. The van der Waals surface area contributed by atoms with Crippen LogP contribution in [-0.2, 0) is 13.1 Å². The zero-order valence-electron chi connectivity index (χ0n) is 15.6. The Morgan fingerprint density at radius 3 is 2.88 bits per heavy atom. The van der Waals surface area contributed by atoms with Crippen LogP contribution in [0.2, 0.25) is 0 Å². The Kier molecular flexibility index (Phi) is 5.36. The van der Waals surface area contributed by atoms with Crippen LogP contribution in [0.15, 0.2) is 10.7 Å². The molecule has 2 aromatic rings. The highest BCUT2D eigenvalue weighted by atomic mass is 19.1. The second kappa shape index (κ2) is 7.53. The van der Waals surface area contributed by atoms with Crippen molar-refractivity contribution in [2.45, 2.75) is 65.5 Å². The van der Waals surface area contributed by atoms with E-state index in [4.69, 9.17) is 4.52 Å². The Balaban J connectivity index is 1.68. The Morgan fingerprint density at radius 2 is 2.23 bits per heavy atom. The normalized spacial score (nSPS) is 20.8. The molecule has 26 heavy (non-hydrogen) atoms. The van der Waals surface area contributed by atoms with E-state index in [0.717, 1.165) is 17.0 Å². The molecule has 1 N–H and O–H groups in total. The van der Waals surface area contributed by atoms with Crippen molar-refractivity contribution >= 4 is 5.91 Å². The molecule has 8 nitrogen and oxygen atoms in total. The number of carbonyl (C=O) groups excluding carboxylic acids is 1. The average Bonchev–Trinajstić information content (AvgIpc) is 3.23. The molecule has 3 heterocycles. The molecule has 0 unspecified atom stereocenters. The lowest BCUT2D eigenvalue weighted by Gasteiger charge is -2.23. The highest BCUT2D eigenvalue weighted by Crippen LogP contribution is 2.26. The summed E-state index contributed by atoms with van der Waals surface area (Å²) in [5, 5.41) is 14.7. The van der Waals surface area contributed by atoms with Gasteiger partial charge in [-0.25, -0.2) is 4.39 Å². The van der Waals surface area contributed by atoms with Gasteiger partial charge >= 0.3 is 0 Å². The van der Waals surface area contributed by atoms with Crippen LogP contribution in [0.4, 0.5) is 4.39 Å². The summed E-state index contributed by atoms with van der Waals surface area (Å²) in [6, 6.07) is 0.00160. The van der Waals surface area contributed by atoms with Gasteiger partial charge in [-0.3, -0.25) is 14.4 Å². The number of nitrogens with one attached hydrogen (secondary N) is 1. The third kappa shape index (κ3) is 4.09. The molecule has 1 saturated heterocycles. The van der Waals surface area contributed by atoms with Crippen molar-refractivity contribution in [2.24, 2.45) is 0 Å². The number of hydrogen-bond donors (Lipinski definition) is 1. The van der Waals surface area contributed by atoms with E-state index in [1.807, 2.05) is 27.7 Å². The molecule has 1 aliphatic rings. The zero-order valence-corrected chi connectivity index (χ0v) is 15.6. The Bertz CT molecular complexity index is 752. The van der Waals surface area contributed by atoms with E-state index >= 15 is 0 Å². The van der Waals surface area contributed by atoms with E-state index in [0.29, 0.717) is 26.1 Å². The number of carbonyl (C=O) groups is 1. The lowest BCUT2D eigenvalue weighted by molar-refractivity contribution is 0.0938. The number of amides is 1. The number of aromatic nitrogens is 4. The monoisotopic (exact) mass is 364 g/mol. The van der Waals surface area contributed by atoms with E-state index in [1.54, 1.807) is 10.9 Å². The minimum atomic E-state index is -0.882. The molecule has 0 saturated carbocycles. The summed E-state index contributed by atoms with van der Waals surface area (Å²) in [4.78, 5) is 14.1. The smallest absolute Gasteiger partial charge is 0.273 e. The first-order valence-corrected chi connectivity index (χ1v) is 8.84. The van der Waals surface area contributed by atoms with Gasteiger partial charge in [-0.05, 0) is 34.1 Å². The van der Waals surface area contributed by atoms with Crippen LogP contribution in [-0.4, -0.2) is 55.8 Å². The molecule has 0 aliphatic carbocycles. The fourth-order valence-electron chi connectivity index (χ4n) is 3.28. The largest absolute Gasteiger partial charge is 0.361 e. The highest BCUT2D eigenvalue weighted by Gasteiger charge is 2.33. The topological polar surface area (TPSA) is 89.1 Å². The summed E-state index contributed by atoms with van der Waals surface area (Å²) < 4.78 is 20.9. The molecule has 3 rings (SSSR count). The number of nitrogens with zero attached hydrogens (tertiary/aromatic N) is 5. The van der Waals surface area contributed by atoms with Crippen molar-refractivity contribution in [2.75, 3.05) is 6.54 Å². The van der Waals surface area contributed by atoms with Crippen LogP contribution in [0.5, 0.6) is 0 Å². The van der Waals surface area contributed by atoms with E-state index in [2.05, 4.69) is 25.7 Å². The van der Waals surface area contributed by atoms with E-state index in [-0.39, 0.29) is 23.7 Å². The van der Waals surface area contributed by atoms with Crippen molar-refractivity contribution in [1.29, 1.82) is 0 Å². The predicted molar refractivity (Wildman–Crippen MR) is 92.3 cm³/mol. The summed E-state index contributed by atoms with van der Waals surface area (Å²) >= 11 is 0. The third-order valence-corrected chi connectivity index (χ3v) is 4.61. The second-order valence-corrected chi connectivity index (χ2v) is 7.17. The number of likely N-dealkylation sites (tertiary alicyclic amines) is 1. The predicted octanol–water partition coefficient (Wildman–Crippen LogP) is 1.63. The molecule has 9 heteroatoms. The molecule has 0 aromatic carbocycles. The third-order valence-electron chi connectivity index (χ3n) is 4.61. The van der Waals surface area contributed by atoms with E-state index in [1.165, 1.54) is 0 Å². The summed E-state index contributed by atoms with van der Waals surface area (Å²) in [7, 11) is 0. The minimum absolute atomic E-state index is 0.0265. The van der Waals surface area contributed by atoms with Crippen molar-refractivity contribution in [3.63, 3.8) is 0 Å². The summed E-state index contributed by atoms with van der Waals surface area (Å²) in [6.07, 6.45) is 1.15. The molecule has 1 amide bonds. The van der Waals surface area contributed by atoms with Gasteiger partial charge < -0.3 is 9.84 Å². The van der Waals surface area contributed by atoms with Crippen LogP contribution >= 0.6 is 0 Å². The molecule has 0 bridgehead atoms. The standard InChI is InChI=1S/C17H25FN6O2/c1-10(2)19-17(25)16-9-24(22-20-16)7-14-5-13(18)6-23(14)8-15-11(3)21-26-12(15)4/h9-10,13-14H,5-8H2,1-4H3,(H,19,25)/t13-,14-/m0/s1. The number of hydrogen-bond acceptors (Lipinski definition) is 6. The van der Waals surface area contributed by atoms with E-state index < -0.39 is 6.17 Å². The maximum absolute atomic E-state index is 14.0. The minimum Gasteiger partial charge on any atom is -0.361 e. The SMILES string of the molecule is Cc1noc(C)c1CN1C[C@@H](F)C[C@H]1Cn1cc(C(=O)NC(C)C)nn1. The quantitative estimate of drug-likeness (QED) is 0.838. The zero-order chi connectivity index (χ0) is 18.8.